The maximum Gasteiger partial charge on any atom is 0.254 e. The van der Waals surface area contributed by atoms with Crippen molar-refractivity contribution in [1.29, 1.82) is 0 Å². The zero-order chi connectivity index (χ0) is 22.2. The molecule has 8 nitrogen and oxygen atoms in total. The van der Waals surface area contributed by atoms with Crippen molar-refractivity contribution < 1.29 is 4.79 Å². The Balaban J connectivity index is 1.48. The van der Waals surface area contributed by atoms with Gasteiger partial charge < -0.3 is 9.80 Å². The van der Waals surface area contributed by atoms with Crippen molar-refractivity contribution >= 4 is 34.2 Å². The summed E-state index contributed by atoms with van der Waals surface area (Å²) in [6.07, 6.45) is 5.26. The number of piperazine rings is 1. The maximum absolute atomic E-state index is 13.6. The lowest BCUT2D eigenvalue weighted by atomic mass is 10.1. The lowest BCUT2D eigenvalue weighted by molar-refractivity contribution is 0.0748. The summed E-state index contributed by atoms with van der Waals surface area (Å²) in [7, 11) is 0. The van der Waals surface area contributed by atoms with Gasteiger partial charge in [-0.25, -0.2) is 19.6 Å². The van der Waals surface area contributed by atoms with E-state index in [1.54, 1.807) is 29.9 Å². The number of hydrogen-bond acceptors (Lipinski definition) is 7. The summed E-state index contributed by atoms with van der Waals surface area (Å²) in [5.41, 5.74) is 2.23. The number of carbonyl (C=O) groups is 1. The van der Waals surface area contributed by atoms with Gasteiger partial charge in [0.1, 0.15) is 0 Å². The van der Waals surface area contributed by atoms with Crippen LogP contribution in [0.3, 0.4) is 0 Å². The molecular formula is C23H25N7OS. The molecule has 0 radical (unpaired) electrons. The number of hydrogen-bond donors (Lipinski definition) is 0. The van der Waals surface area contributed by atoms with E-state index in [9.17, 15) is 4.79 Å². The Morgan fingerprint density at radius 3 is 2.50 bits per heavy atom. The van der Waals surface area contributed by atoms with Crippen LogP contribution in [0.1, 0.15) is 35.1 Å². The molecule has 1 fully saturated rings. The molecule has 1 aliphatic heterocycles. The minimum absolute atomic E-state index is 0.0175. The standard InChI is InChI=1S/C23H25N7OS/c1-15(2)30-21-18(14-26-30)17(13-19(27-21)20-6-5-16(3)32-20)22(31)28-9-11-29(12-10-28)23-24-7-4-8-25-23/h4-8,13-15H,9-12H2,1-3H3. The first kappa shape index (κ1) is 20.6. The Morgan fingerprint density at radius 2 is 1.84 bits per heavy atom. The number of rotatable bonds is 4. The molecule has 5 heterocycles. The molecule has 32 heavy (non-hydrogen) atoms. The number of amides is 1. The van der Waals surface area contributed by atoms with Crippen LogP contribution in [0, 0.1) is 6.92 Å². The van der Waals surface area contributed by atoms with E-state index in [2.05, 4.69) is 52.9 Å². The Hall–Kier alpha value is -3.33. The van der Waals surface area contributed by atoms with E-state index in [0.717, 1.165) is 21.6 Å². The number of fused-ring (bicyclic) bond motifs is 1. The van der Waals surface area contributed by atoms with E-state index in [0.29, 0.717) is 37.7 Å². The monoisotopic (exact) mass is 447 g/mol. The van der Waals surface area contributed by atoms with Crippen LogP contribution in [0.15, 0.2) is 42.9 Å². The molecule has 1 amide bonds. The molecule has 164 valence electrons. The predicted octanol–water partition coefficient (Wildman–Crippen LogP) is 3.80. The van der Waals surface area contributed by atoms with Crippen molar-refractivity contribution in [3.8, 4) is 10.6 Å². The zero-order valence-corrected chi connectivity index (χ0v) is 19.2. The fourth-order valence-corrected chi connectivity index (χ4v) is 4.83. The third-order valence-electron chi connectivity index (χ3n) is 5.68. The van der Waals surface area contributed by atoms with Crippen molar-refractivity contribution in [2.24, 2.45) is 0 Å². The molecule has 0 spiro atoms. The maximum atomic E-state index is 13.6. The summed E-state index contributed by atoms with van der Waals surface area (Å²) in [4.78, 5) is 33.5. The zero-order valence-electron chi connectivity index (χ0n) is 18.4. The van der Waals surface area contributed by atoms with E-state index < -0.39 is 0 Å². The highest BCUT2D eigenvalue weighted by molar-refractivity contribution is 7.15. The van der Waals surface area contributed by atoms with Crippen LogP contribution in [0.25, 0.3) is 21.6 Å². The van der Waals surface area contributed by atoms with Crippen molar-refractivity contribution in [3.63, 3.8) is 0 Å². The summed E-state index contributed by atoms with van der Waals surface area (Å²) in [6.45, 7) is 8.86. The van der Waals surface area contributed by atoms with Crippen LogP contribution in [0.4, 0.5) is 5.95 Å². The largest absolute Gasteiger partial charge is 0.337 e. The summed E-state index contributed by atoms with van der Waals surface area (Å²) in [5.74, 6) is 0.725. The minimum Gasteiger partial charge on any atom is -0.337 e. The fourth-order valence-electron chi connectivity index (χ4n) is 4.01. The molecule has 0 atom stereocenters. The van der Waals surface area contributed by atoms with Gasteiger partial charge in [0.25, 0.3) is 5.91 Å². The smallest absolute Gasteiger partial charge is 0.254 e. The number of anilines is 1. The van der Waals surface area contributed by atoms with E-state index in [1.165, 1.54) is 4.88 Å². The molecule has 0 N–H and O–H groups in total. The summed E-state index contributed by atoms with van der Waals surface area (Å²) in [5, 5.41) is 5.34. The quantitative estimate of drug-likeness (QED) is 0.473. The highest BCUT2D eigenvalue weighted by Gasteiger charge is 2.26. The van der Waals surface area contributed by atoms with Gasteiger partial charge in [0.15, 0.2) is 5.65 Å². The van der Waals surface area contributed by atoms with Gasteiger partial charge in [0, 0.05) is 49.5 Å². The fraction of sp³-hybridized carbons (Fsp3) is 0.348. The number of nitrogens with zero attached hydrogens (tertiary/aromatic N) is 7. The van der Waals surface area contributed by atoms with Gasteiger partial charge in [-0.2, -0.15) is 5.10 Å². The second kappa shape index (κ2) is 8.31. The first-order chi connectivity index (χ1) is 15.5. The average Bonchev–Trinajstić information content (AvgIpc) is 3.45. The van der Waals surface area contributed by atoms with E-state index >= 15 is 0 Å². The third-order valence-corrected chi connectivity index (χ3v) is 6.70. The Labute approximate surface area is 190 Å². The van der Waals surface area contributed by atoms with Crippen LogP contribution in [-0.2, 0) is 0 Å². The molecule has 0 saturated carbocycles. The predicted molar refractivity (Wildman–Crippen MR) is 126 cm³/mol. The number of pyridine rings is 1. The molecule has 0 bridgehead atoms. The molecule has 9 heteroatoms. The second-order valence-electron chi connectivity index (χ2n) is 8.21. The van der Waals surface area contributed by atoms with Crippen LogP contribution in [0.2, 0.25) is 0 Å². The van der Waals surface area contributed by atoms with E-state index in [4.69, 9.17) is 4.98 Å². The normalized spacial score (nSPS) is 14.5. The van der Waals surface area contributed by atoms with E-state index in [1.807, 2.05) is 21.7 Å². The van der Waals surface area contributed by atoms with Crippen LogP contribution in [-0.4, -0.2) is 61.7 Å². The SMILES string of the molecule is Cc1ccc(-c2cc(C(=O)N3CCN(c4ncccn4)CC3)c3cnn(C(C)C)c3n2)s1. The first-order valence-electron chi connectivity index (χ1n) is 10.8. The van der Waals surface area contributed by atoms with Gasteiger partial charge >= 0.3 is 0 Å². The van der Waals surface area contributed by atoms with Crippen molar-refractivity contribution in [2.75, 3.05) is 31.1 Å². The van der Waals surface area contributed by atoms with Gasteiger partial charge in [-0.1, -0.05) is 0 Å². The third kappa shape index (κ3) is 3.73. The molecule has 0 aromatic carbocycles. The van der Waals surface area contributed by atoms with Gasteiger partial charge in [-0.15, -0.1) is 11.3 Å². The molecule has 0 unspecified atom stereocenters. The number of thiophene rings is 1. The molecule has 4 aromatic rings. The van der Waals surface area contributed by atoms with Crippen molar-refractivity contribution in [3.05, 3.63) is 53.3 Å². The first-order valence-corrected chi connectivity index (χ1v) is 11.6. The number of aromatic nitrogens is 5. The lowest BCUT2D eigenvalue weighted by Crippen LogP contribution is -2.49. The Morgan fingerprint density at radius 1 is 1.09 bits per heavy atom. The number of carbonyl (C=O) groups excluding carboxylic acids is 1. The molecule has 0 aliphatic carbocycles. The molecule has 1 aliphatic rings. The topological polar surface area (TPSA) is 80.0 Å². The molecule has 4 aromatic heterocycles. The van der Waals surface area contributed by atoms with Gasteiger partial charge in [0.2, 0.25) is 5.95 Å². The second-order valence-corrected chi connectivity index (χ2v) is 9.50. The summed E-state index contributed by atoms with van der Waals surface area (Å²) in [6, 6.07) is 8.03. The van der Waals surface area contributed by atoms with Crippen LogP contribution in [0.5, 0.6) is 0 Å². The molecule has 1 saturated heterocycles. The summed E-state index contributed by atoms with van der Waals surface area (Å²) < 4.78 is 1.89. The summed E-state index contributed by atoms with van der Waals surface area (Å²) >= 11 is 1.68. The average molecular weight is 448 g/mol. The van der Waals surface area contributed by atoms with Crippen LogP contribution < -0.4 is 4.90 Å². The highest BCUT2D eigenvalue weighted by atomic mass is 32.1. The Kier molecular flexibility index (Phi) is 5.34. The van der Waals surface area contributed by atoms with Gasteiger partial charge in [-0.3, -0.25) is 4.79 Å². The molecular weight excluding hydrogens is 422 g/mol. The number of aryl methyl sites for hydroxylation is 1. The van der Waals surface area contributed by atoms with Gasteiger partial charge in [-0.05, 0) is 45.0 Å². The van der Waals surface area contributed by atoms with Crippen LogP contribution >= 0.6 is 11.3 Å². The van der Waals surface area contributed by atoms with E-state index in [-0.39, 0.29) is 11.9 Å². The Bertz CT molecular complexity index is 1260. The van der Waals surface area contributed by atoms with Gasteiger partial charge in [0.05, 0.1) is 27.7 Å². The molecule has 5 rings (SSSR count). The minimum atomic E-state index is 0.0175. The van der Waals surface area contributed by atoms with Crippen molar-refractivity contribution in [1.82, 2.24) is 29.6 Å². The highest BCUT2D eigenvalue weighted by Crippen LogP contribution is 2.31. The lowest BCUT2D eigenvalue weighted by Gasteiger charge is -2.34. The van der Waals surface area contributed by atoms with Crippen molar-refractivity contribution in [2.45, 2.75) is 26.8 Å².